The third-order valence-electron chi connectivity index (χ3n) is 2.48. The minimum atomic E-state index is -4.89. The fourth-order valence-electron chi connectivity index (χ4n) is 1.49. The Balaban J connectivity index is 0. The lowest BCUT2D eigenvalue weighted by Gasteiger charge is -2.29. The van der Waals surface area contributed by atoms with Gasteiger partial charge in [0.25, 0.3) is 7.82 Å². The number of nitrogens with zero attached hydrogens (tertiary/aromatic N) is 1. The highest BCUT2D eigenvalue weighted by Gasteiger charge is 2.12. The standard InChI is InChI=1S/C11H26N.H3O4P/c1-5-7-9-11-12(3,4)10-8-6-2;1-5(2,3)4/h5-11H2,1-4H3;(H3,1,2,3,4)/q+1;/p-1. The number of hydrogen-bond acceptors (Lipinski definition) is 2. The summed E-state index contributed by atoms with van der Waals surface area (Å²) in [5, 5.41) is 0. The summed E-state index contributed by atoms with van der Waals surface area (Å²) in [6, 6.07) is 0. The van der Waals surface area contributed by atoms with Gasteiger partial charge in [-0.2, -0.15) is 0 Å². The van der Waals surface area contributed by atoms with Gasteiger partial charge >= 0.3 is 0 Å². The first-order chi connectivity index (χ1) is 7.62. The third kappa shape index (κ3) is 26.0. The van der Waals surface area contributed by atoms with Crippen LogP contribution in [0.3, 0.4) is 0 Å². The molecule has 0 aliphatic carbocycles. The molecule has 0 aliphatic rings. The molecule has 6 heteroatoms. The first-order valence-corrected chi connectivity index (χ1v) is 7.74. The van der Waals surface area contributed by atoms with Crippen LogP contribution in [0.1, 0.15) is 46.0 Å². The maximum Gasteiger partial charge on any atom is 0.262 e. The lowest BCUT2D eigenvalue weighted by atomic mass is 10.2. The molecule has 0 unspecified atom stereocenters. The Morgan fingerprint density at radius 3 is 1.71 bits per heavy atom. The Morgan fingerprint density at radius 2 is 1.35 bits per heavy atom. The highest BCUT2D eigenvalue weighted by molar-refractivity contribution is 7.43. The molecule has 0 rings (SSSR count). The van der Waals surface area contributed by atoms with Gasteiger partial charge in [0, 0.05) is 0 Å². The van der Waals surface area contributed by atoms with E-state index in [1.54, 1.807) is 0 Å². The van der Waals surface area contributed by atoms with E-state index in [9.17, 15) is 0 Å². The molecule has 0 aromatic heterocycles. The van der Waals surface area contributed by atoms with Crippen LogP contribution < -0.4 is 4.89 Å². The quantitative estimate of drug-likeness (QED) is 0.417. The van der Waals surface area contributed by atoms with Crippen LogP contribution in [0.4, 0.5) is 0 Å². The molecule has 0 atom stereocenters. The second-order valence-corrected chi connectivity index (χ2v) is 5.92. The van der Waals surface area contributed by atoms with Crippen LogP contribution in [0.25, 0.3) is 0 Å². The summed E-state index contributed by atoms with van der Waals surface area (Å²) in [5.74, 6) is 0. The zero-order chi connectivity index (χ0) is 13.9. The van der Waals surface area contributed by atoms with Crippen LogP contribution >= 0.6 is 7.82 Å². The van der Waals surface area contributed by atoms with Gasteiger partial charge in [0.15, 0.2) is 0 Å². The third-order valence-corrected chi connectivity index (χ3v) is 2.48. The van der Waals surface area contributed by atoms with E-state index in [1.165, 1.54) is 49.7 Å². The molecule has 0 fully saturated rings. The molecule has 0 bridgehead atoms. The Kier molecular flexibility index (Phi) is 11.5. The Bertz CT molecular complexity index is 207. The van der Waals surface area contributed by atoms with Crippen LogP contribution in [0.15, 0.2) is 0 Å². The van der Waals surface area contributed by atoms with Gasteiger partial charge in [0.05, 0.1) is 27.2 Å². The summed E-state index contributed by atoms with van der Waals surface area (Å²) in [6.07, 6.45) is 6.84. The van der Waals surface area contributed by atoms with E-state index in [4.69, 9.17) is 19.2 Å². The molecule has 0 saturated carbocycles. The van der Waals surface area contributed by atoms with Crippen molar-refractivity contribution in [3.05, 3.63) is 0 Å². The van der Waals surface area contributed by atoms with Gasteiger partial charge in [-0.05, 0) is 19.3 Å². The molecule has 0 radical (unpaired) electrons. The first kappa shape index (κ1) is 19.4. The van der Waals surface area contributed by atoms with E-state index in [-0.39, 0.29) is 0 Å². The molecule has 0 aromatic rings. The number of quaternary nitrogens is 1. The second kappa shape index (κ2) is 10.0. The molecule has 2 N–H and O–H groups in total. The van der Waals surface area contributed by atoms with Crippen molar-refractivity contribution < 1.29 is 23.7 Å². The van der Waals surface area contributed by atoms with Gasteiger partial charge in [-0.25, -0.2) is 0 Å². The lowest BCUT2D eigenvalue weighted by Crippen LogP contribution is -2.41. The minimum Gasteiger partial charge on any atom is -0.756 e. The van der Waals surface area contributed by atoms with Gasteiger partial charge < -0.3 is 19.2 Å². The van der Waals surface area contributed by atoms with Crippen molar-refractivity contribution >= 4 is 7.82 Å². The Morgan fingerprint density at radius 1 is 1.00 bits per heavy atom. The number of phosphoric acid groups is 1. The predicted octanol–water partition coefficient (Wildman–Crippen LogP) is 1.49. The van der Waals surface area contributed by atoms with E-state index in [0.717, 1.165) is 0 Å². The van der Waals surface area contributed by atoms with Crippen LogP contribution in [0, 0.1) is 0 Å². The molecule has 0 aromatic carbocycles. The SMILES string of the molecule is CCCCC[N+](C)(C)CCCC.O=P([O-])(O)O. The number of unbranched alkanes of at least 4 members (excludes halogenated alkanes) is 3. The topological polar surface area (TPSA) is 80.6 Å². The molecule has 17 heavy (non-hydrogen) atoms. The summed E-state index contributed by atoms with van der Waals surface area (Å²) in [4.78, 5) is 22.9. The predicted molar refractivity (Wildman–Crippen MR) is 68.3 cm³/mol. The molecule has 0 saturated heterocycles. The van der Waals surface area contributed by atoms with Gasteiger partial charge in [-0.15, -0.1) is 0 Å². The van der Waals surface area contributed by atoms with Crippen LogP contribution in [0.2, 0.25) is 0 Å². The van der Waals surface area contributed by atoms with Gasteiger partial charge in [-0.1, -0.05) is 26.7 Å². The number of rotatable bonds is 7. The normalized spacial score (nSPS) is 11.9. The molecule has 0 amide bonds. The van der Waals surface area contributed by atoms with E-state index >= 15 is 0 Å². The molecule has 0 aliphatic heterocycles. The van der Waals surface area contributed by atoms with Crippen molar-refractivity contribution in [3.8, 4) is 0 Å². The van der Waals surface area contributed by atoms with E-state index in [2.05, 4.69) is 27.9 Å². The van der Waals surface area contributed by atoms with Crippen molar-refractivity contribution in [1.82, 2.24) is 0 Å². The first-order valence-electron chi connectivity index (χ1n) is 6.21. The molecular formula is C11H28NO4P. The monoisotopic (exact) mass is 269 g/mol. The zero-order valence-electron chi connectivity index (χ0n) is 11.6. The largest absolute Gasteiger partial charge is 0.756 e. The fraction of sp³-hybridized carbons (Fsp3) is 1.00. The highest BCUT2D eigenvalue weighted by Crippen LogP contribution is 2.18. The zero-order valence-corrected chi connectivity index (χ0v) is 12.4. The summed E-state index contributed by atoms with van der Waals surface area (Å²) in [7, 11) is -0.184. The minimum absolute atomic E-state index is 1.22. The lowest BCUT2D eigenvalue weighted by molar-refractivity contribution is -0.890. The van der Waals surface area contributed by atoms with Crippen molar-refractivity contribution in [2.75, 3.05) is 27.2 Å². The molecule has 0 heterocycles. The smallest absolute Gasteiger partial charge is 0.262 e. The molecule has 106 valence electrons. The Labute approximate surface area is 105 Å². The van der Waals surface area contributed by atoms with E-state index in [1.807, 2.05) is 0 Å². The maximum absolute atomic E-state index is 8.77. The van der Waals surface area contributed by atoms with Crippen LogP contribution in [0.5, 0.6) is 0 Å². The summed E-state index contributed by atoms with van der Waals surface area (Å²) < 4.78 is 9.99. The maximum atomic E-state index is 8.77. The van der Waals surface area contributed by atoms with E-state index in [0.29, 0.717) is 0 Å². The average Bonchev–Trinajstić information content (AvgIpc) is 2.12. The number of hydrogen-bond donors (Lipinski definition) is 2. The van der Waals surface area contributed by atoms with Crippen molar-refractivity contribution in [2.45, 2.75) is 46.0 Å². The van der Waals surface area contributed by atoms with Crippen LogP contribution in [-0.2, 0) is 4.57 Å². The van der Waals surface area contributed by atoms with Crippen molar-refractivity contribution in [1.29, 1.82) is 0 Å². The molecular weight excluding hydrogens is 241 g/mol. The summed E-state index contributed by atoms with van der Waals surface area (Å²) in [6.45, 7) is 7.24. The van der Waals surface area contributed by atoms with Crippen LogP contribution in [-0.4, -0.2) is 41.5 Å². The average molecular weight is 269 g/mol. The van der Waals surface area contributed by atoms with Gasteiger partial charge in [0.1, 0.15) is 0 Å². The summed E-state index contributed by atoms with van der Waals surface area (Å²) in [5.41, 5.74) is 0. The van der Waals surface area contributed by atoms with Crippen molar-refractivity contribution in [2.24, 2.45) is 0 Å². The molecule has 0 spiro atoms. The fourth-order valence-corrected chi connectivity index (χ4v) is 1.49. The van der Waals surface area contributed by atoms with Gasteiger partial charge in [-0.3, -0.25) is 4.57 Å². The van der Waals surface area contributed by atoms with E-state index < -0.39 is 7.82 Å². The van der Waals surface area contributed by atoms with Gasteiger partial charge in [0.2, 0.25) is 0 Å². The summed E-state index contributed by atoms with van der Waals surface area (Å²) >= 11 is 0. The Hall–Kier alpha value is 0.0700. The van der Waals surface area contributed by atoms with Crippen molar-refractivity contribution in [3.63, 3.8) is 0 Å². The second-order valence-electron chi connectivity index (χ2n) is 4.93. The highest BCUT2D eigenvalue weighted by atomic mass is 31.2. The molecule has 5 nitrogen and oxygen atoms in total.